The fourth-order valence-electron chi connectivity index (χ4n) is 4.79. The second kappa shape index (κ2) is 10.6. The number of aliphatic carboxylic acids is 1. The molecule has 3 aliphatic rings. The first kappa shape index (κ1) is 25.1. The lowest BCUT2D eigenvalue weighted by molar-refractivity contribution is -0.166. The number of allylic oxidation sites excluding steroid dienone is 7. The molecular formula is C26H34O7. The van der Waals surface area contributed by atoms with Crippen molar-refractivity contribution in [3.63, 3.8) is 0 Å². The quantitative estimate of drug-likeness (QED) is 0.174. The molecule has 180 valence electrons. The van der Waals surface area contributed by atoms with E-state index >= 15 is 0 Å². The van der Waals surface area contributed by atoms with E-state index in [0.717, 1.165) is 18.9 Å². The number of carbonyl (C=O) groups is 2. The van der Waals surface area contributed by atoms with Gasteiger partial charge in [0.25, 0.3) is 0 Å². The predicted molar refractivity (Wildman–Crippen MR) is 124 cm³/mol. The van der Waals surface area contributed by atoms with Gasteiger partial charge in [0, 0.05) is 19.3 Å². The summed E-state index contributed by atoms with van der Waals surface area (Å²) in [5, 5.41) is 8.51. The molecule has 2 heterocycles. The molecule has 0 aromatic carbocycles. The van der Waals surface area contributed by atoms with Crippen LogP contribution in [0.25, 0.3) is 0 Å². The van der Waals surface area contributed by atoms with Gasteiger partial charge in [0.2, 0.25) is 0 Å². The van der Waals surface area contributed by atoms with Gasteiger partial charge < -0.3 is 24.1 Å². The van der Waals surface area contributed by atoms with Gasteiger partial charge in [-0.15, -0.1) is 0 Å². The van der Waals surface area contributed by atoms with Gasteiger partial charge in [-0.1, -0.05) is 48.1 Å². The van der Waals surface area contributed by atoms with Gasteiger partial charge >= 0.3 is 11.9 Å². The van der Waals surface area contributed by atoms with Crippen LogP contribution in [0.5, 0.6) is 0 Å². The van der Waals surface area contributed by atoms with Crippen LogP contribution in [0.3, 0.4) is 0 Å². The number of hydrogen-bond donors (Lipinski definition) is 1. The zero-order valence-electron chi connectivity index (χ0n) is 19.7. The molecule has 33 heavy (non-hydrogen) atoms. The Morgan fingerprint density at radius 1 is 1.09 bits per heavy atom. The Hall–Kier alpha value is -2.48. The third kappa shape index (κ3) is 6.31. The van der Waals surface area contributed by atoms with Gasteiger partial charge in [-0.2, -0.15) is 0 Å². The lowest BCUT2D eigenvalue weighted by Gasteiger charge is -2.42. The summed E-state index contributed by atoms with van der Waals surface area (Å²) >= 11 is 0. The molecule has 0 unspecified atom stereocenters. The largest absolute Gasteiger partial charge is 0.478 e. The molecule has 3 rings (SSSR count). The highest BCUT2D eigenvalue weighted by molar-refractivity contribution is 5.82. The van der Waals surface area contributed by atoms with Crippen LogP contribution >= 0.6 is 0 Å². The lowest BCUT2D eigenvalue weighted by Crippen LogP contribution is -2.55. The smallest absolute Gasteiger partial charge is 0.331 e. The summed E-state index contributed by atoms with van der Waals surface area (Å²) in [5.74, 6) is -1.45. The van der Waals surface area contributed by atoms with Crippen molar-refractivity contribution in [3.05, 3.63) is 60.3 Å². The maximum atomic E-state index is 12.4. The highest BCUT2D eigenvalue weighted by Crippen LogP contribution is 2.59. The number of ether oxygens (including phenoxy) is 4. The summed E-state index contributed by atoms with van der Waals surface area (Å²) in [6.45, 7) is 6.96. The number of esters is 1. The molecule has 1 spiro atoms. The average molecular weight is 459 g/mol. The zero-order chi connectivity index (χ0) is 24.1. The maximum absolute atomic E-state index is 12.4. The maximum Gasteiger partial charge on any atom is 0.331 e. The summed E-state index contributed by atoms with van der Waals surface area (Å²) in [4.78, 5) is 22.8. The van der Waals surface area contributed by atoms with Crippen LogP contribution in [0.2, 0.25) is 0 Å². The van der Waals surface area contributed by atoms with Crippen molar-refractivity contribution in [2.24, 2.45) is 5.92 Å². The monoisotopic (exact) mass is 458 g/mol. The molecule has 0 amide bonds. The Morgan fingerprint density at radius 2 is 1.73 bits per heavy atom. The zero-order valence-corrected chi connectivity index (χ0v) is 19.7. The molecule has 0 bridgehead atoms. The molecule has 0 aromatic heterocycles. The number of epoxide rings is 2. The van der Waals surface area contributed by atoms with Gasteiger partial charge in [-0.05, 0) is 40.0 Å². The molecule has 3 fully saturated rings. The second-order valence-electron chi connectivity index (χ2n) is 9.18. The molecule has 2 aliphatic heterocycles. The molecule has 0 aromatic rings. The minimum absolute atomic E-state index is 0.00928. The highest BCUT2D eigenvalue weighted by Gasteiger charge is 2.72. The summed E-state index contributed by atoms with van der Waals surface area (Å²) in [5.41, 5.74) is 0.642. The number of carboxylic acids is 1. The van der Waals surface area contributed by atoms with Gasteiger partial charge in [0.15, 0.2) is 0 Å². The van der Waals surface area contributed by atoms with Crippen LogP contribution in [0.1, 0.15) is 40.0 Å². The van der Waals surface area contributed by atoms with Crippen molar-refractivity contribution in [2.75, 3.05) is 13.7 Å². The number of rotatable bonds is 10. The fourth-order valence-corrected chi connectivity index (χ4v) is 4.79. The summed E-state index contributed by atoms with van der Waals surface area (Å²) in [6.07, 6.45) is 16.0. The second-order valence-corrected chi connectivity index (χ2v) is 9.18. The van der Waals surface area contributed by atoms with E-state index in [1.165, 1.54) is 17.7 Å². The molecule has 0 radical (unpaired) electrons. The van der Waals surface area contributed by atoms with Crippen molar-refractivity contribution in [1.29, 1.82) is 0 Å². The third-order valence-corrected chi connectivity index (χ3v) is 6.53. The molecule has 1 aliphatic carbocycles. The SMILES string of the molecule is CO[C@@H]1[C@H](OC(=O)/C=C/C=C/C=C/C=C/C(=O)O)CC[C@]2(CO2)[C@H]1[C@]1(C)O[C@@H]1CC=C(C)C. The number of methoxy groups -OCH3 is 1. The first-order valence-corrected chi connectivity index (χ1v) is 11.3. The highest BCUT2D eigenvalue weighted by atomic mass is 16.6. The van der Waals surface area contributed by atoms with Crippen LogP contribution in [0.4, 0.5) is 0 Å². The molecule has 7 heteroatoms. The van der Waals surface area contributed by atoms with Gasteiger partial charge in [-0.3, -0.25) is 0 Å². The van der Waals surface area contributed by atoms with E-state index in [0.29, 0.717) is 13.0 Å². The number of carboxylic acid groups (broad SMARTS) is 1. The van der Waals surface area contributed by atoms with E-state index in [1.54, 1.807) is 37.5 Å². The summed E-state index contributed by atoms with van der Waals surface area (Å²) < 4.78 is 23.8. The molecular weight excluding hydrogens is 424 g/mol. The van der Waals surface area contributed by atoms with Crippen LogP contribution in [0.15, 0.2) is 60.3 Å². The van der Waals surface area contributed by atoms with Crippen molar-refractivity contribution in [2.45, 2.75) is 69.5 Å². The first-order valence-electron chi connectivity index (χ1n) is 11.3. The molecule has 7 nitrogen and oxygen atoms in total. The van der Waals surface area contributed by atoms with Crippen molar-refractivity contribution in [3.8, 4) is 0 Å². The van der Waals surface area contributed by atoms with Crippen molar-refractivity contribution in [1.82, 2.24) is 0 Å². The minimum Gasteiger partial charge on any atom is -0.478 e. The summed E-state index contributed by atoms with van der Waals surface area (Å²) in [7, 11) is 1.65. The van der Waals surface area contributed by atoms with Crippen molar-refractivity contribution >= 4 is 11.9 Å². The standard InChI is InChI=1S/C26H34O7/c1-18(2)13-14-20-25(3,33-20)24-23(30-4)19(15-16-26(24)17-31-26)32-22(29)12-10-8-6-5-7-9-11-21(27)28/h5-13,19-20,23-24H,14-17H2,1-4H3,(H,27,28)/b7-5+,8-6+,11-9+,12-10+/t19-,20-,23-,24-,25-,26+/m1/s1. The molecule has 1 N–H and O–H groups in total. The predicted octanol–water partition coefficient (Wildman–Crippen LogP) is 3.92. The van der Waals surface area contributed by atoms with Crippen LogP contribution < -0.4 is 0 Å². The van der Waals surface area contributed by atoms with E-state index < -0.39 is 11.9 Å². The third-order valence-electron chi connectivity index (χ3n) is 6.53. The van der Waals surface area contributed by atoms with Crippen LogP contribution in [-0.2, 0) is 28.5 Å². The topological polar surface area (TPSA) is 97.9 Å². The van der Waals surface area contributed by atoms with Crippen molar-refractivity contribution < 1.29 is 33.6 Å². The Morgan fingerprint density at radius 3 is 2.30 bits per heavy atom. The number of carbonyl (C=O) groups excluding carboxylic acids is 1. The number of hydrogen-bond acceptors (Lipinski definition) is 6. The van der Waals surface area contributed by atoms with E-state index in [-0.39, 0.29) is 35.4 Å². The van der Waals surface area contributed by atoms with E-state index in [9.17, 15) is 9.59 Å². The van der Waals surface area contributed by atoms with Gasteiger partial charge in [0.1, 0.15) is 23.4 Å². The van der Waals surface area contributed by atoms with E-state index in [2.05, 4.69) is 26.8 Å². The fraction of sp³-hybridized carbons (Fsp3) is 0.538. The van der Waals surface area contributed by atoms with E-state index in [4.69, 9.17) is 24.1 Å². The van der Waals surface area contributed by atoms with Crippen LogP contribution in [-0.4, -0.2) is 60.3 Å². The van der Waals surface area contributed by atoms with Gasteiger partial charge in [0.05, 0.1) is 18.6 Å². The van der Waals surface area contributed by atoms with Gasteiger partial charge in [-0.25, -0.2) is 9.59 Å². The molecule has 6 atom stereocenters. The molecule has 2 saturated heterocycles. The molecule has 1 saturated carbocycles. The van der Waals surface area contributed by atoms with E-state index in [1.807, 2.05) is 0 Å². The Bertz CT molecular complexity index is 873. The first-order chi connectivity index (χ1) is 15.7. The normalized spacial score (nSPS) is 35.6. The Balaban J connectivity index is 1.59. The Kier molecular flexibility index (Phi) is 8.10. The Labute approximate surface area is 195 Å². The average Bonchev–Trinajstić information content (AvgIpc) is 3.67. The van der Waals surface area contributed by atoms with Crippen LogP contribution in [0, 0.1) is 5.92 Å². The lowest BCUT2D eigenvalue weighted by atomic mass is 9.68. The minimum atomic E-state index is -1.00. The summed E-state index contributed by atoms with van der Waals surface area (Å²) in [6, 6.07) is 0.